The Morgan fingerprint density at radius 3 is 2.44 bits per heavy atom. The lowest BCUT2D eigenvalue weighted by Gasteiger charge is -2.10. The molecule has 5 heteroatoms. The highest BCUT2D eigenvalue weighted by molar-refractivity contribution is 5.77. The fourth-order valence-corrected chi connectivity index (χ4v) is 1.30. The van der Waals surface area contributed by atoms with E-state index in [-0.39, 0.29) is 40.1 Å². The maximum absolute atomic E-state index is 11.2. The molecule has 5 nitrogen and oxygen atoms in total. The zero-order valence-corrected chi connectivity index (χ0v) is 9.73. The second-order valence-corrected chi connectivity index (χ2v) is 4.08. The minimum absolute atomic E-state index is 0. The first-order chi connectivity index (χ1) is 7.59. The maximum atomic E-state index is 11.2. The number of hydrogen-bond acceptors (Lipinski definition) is 5. The first-order valence-electron chi connectivity index (χ1n) is 5.53. The lowest BCUT2D eigenvalue weighted by atomic mass is 10.2. The molecule has 18 heavy (non-hydrogen) atoms. The fourth-order valence-electron chi connectivity index (χ4n) is 1.30. The molecule has 0 aliphatic carbocycles. The smallest absolute Gasteiger partial charge is 0.344 e. The highest BCUT2D eigenvalue weighted by Crippen LogP contribution is 2.11. The number of esters is 2. The lowest BCUT2D eigenvalue weighted by Crippen LogP contribution is -2.23. The Morgan fingerprint density at radius 2 is 1.94 bits per heavy atom. The van der Waals surface area contributed by atoms with Gasteiger partial charge in [-0.2, -0.15) is 0 Å². The molecule has 0 amide bonds. The molecule has 0 saturated carbocycles. The van der Waals surface area contributed by atoms with Crippen LogP contribution in [0.2, 0.25) is 0 Å². The summed E-state index contributed by atoms with van der Waals surface area (Å²) in [5, 5.41) is 0. The quantitative estimate of drug-likeness (QED) is 0.711. The van der Waals surface area contributed by atoms with Crippen molar-refractivity contribution in [2.75, 3.05) is 19.8 Å². The van der Waals surface area contributed by atoms with E-state index in [0.717, 1.165) is 19.4 Å². The zero-order valence-electron chi connectivity index (χ0n) is 9.73. The van der Waals surface area contributed by atoms with E-state index < -0.39 is 11.9 Å². The summed E-state index contributed by atoms with van der Waals surface area (Å²) in [5.41, 5.74) is 0. The first kappa shape index (κ1) is 19.2. The van der Waals surface area contributed by atoms with Crippen molar-refractivity contribution in [1.82, 2.24) is 0 Å². The molecule has 0 N–H and O–H groups in total. The Bertz CT molecular complexity index is 244. The van der Waals surface area contributed by atoms with Gasteiger partial charge in [-0.05, 0) is 12.8 Å². The molecule has 0 spiro atoms. The van der Waals surface area contributed by atoms with Crippen molar-refractivity contribution in [2.24, 2.45) is 5.92 Å². The molecule has 1 rings (SSSR count). The van der Waals surface area contributed by atoms with Gasteiger partial charge in [0.1, 0.15) is 6.61 Å². The highest BCUT2D eigenvalue weighted by Gasteiger charge is 2.18. The number of hydrogen-bond donors (Lipinski definition) is 0. The van der Waals surface area contributed by atoms with Crippen molar-refractivity contribution in [3.63, 3.8) is 0 Å². The third-order valence-electron chi connectivity index (χ3n) is 2.26. The summed E-state index contributed by atoms with van der Waals surface area (Å²) in [6.07, 6.45) is 1.92. The van der Waals surface area contributed by atoms with Gasteiger partial charge in [0, 0.05) is 6.61 Å². The van der Waals surface area contributed by atoms with E-state index >= 15 is 0 Å². The number of rotatable bonds is 5. The molecule has 1 aliphatic rings. The average Bonchev–Trinajstić information content (AvgIpc) is 2.75. The van der Waals surface area contributed by atoms with Crippen molar-refractivity contribution >= 4 is 11.9 Å². The number of ether oxygens (including phenoxy) is 3. The van der Waals surface area contributed by atoms with Crippen LogP contribution in [0.4, 0.5) is 0 Å². The fraction of sp³-hybridized carbons (Fsp3) is 0.846. The van der Waals surface area contributed by atoms with Crippen LogP contribution in [-0.4, -0.2) is 37.9 Å². The number of carbonyl (C=O) groups excluding carboxylic acids is 2. The molecular formula is C13H26O5. The van der Waals surface area contributed by atoms with Crippen LogP contribution in [0.1, 0.15) is 41.5 Å². The van der Waals surface area contributed by atoms with E-state index in [1.165, 1.54) is 0 Å². The van der Waals surface area contributed by atoms with Crippen LogP contribution in [0, 0.1) is 5.92 Å². The first-order valence-corrected chi connectivity index (χ1v) is 5.53. The van der Waals surface area contributed by atoms with Gasteiger partial charge in [0.05, 0.1) is 12.0 Å². The average molecular weight is 262 g/mol. The molecule has 1 unspecified atom stereocenters. The molecule has 108 valence electrons. The Hall–Kier alpha value is -1.10. The van der Waals surface area contributed by atoms with Crippen LogP contribution >= 0.6 is 0 Å². The van der Waals surface area contributed by atoms with Gasteiger partial charge in [0.25, 0.3) is 0 Å². The molecular weight excluding hydrogens is 236 g/mol. The Morgan fingerprint density at radius 1 is 1.28 bits per heavy atom. The second kappa shape index (κ2) is 9.88. The van der Waals surface area contributed by atoms with Gasteiger partial charge in [0.15, 0.2) is 6.61 Å². The summed E-state index contributed by atoms with van der Waals surface area (Å²) in [5.74, 6) is -1.15. The third-order valence-corrected chi connectivity index (χ3v) is 2.26. The van der Waals surface area contributed by atoms with Crippen LogP contribution in [-0.2, 0) is 23.8 Å². The van der Waals surface area contributed by atoms with Gasteiger partial charge in [-0.1, -0.05) is 28.7 Å². The third kappa shape index (κ3) is 7.27. The van der Waals surface area contributed by atoms with Crippen LogP contribution in [0.3, 0.4) is 0 Å². The predicted molar refractivity (Wildman–Crippen MR) is 69.2 cm³/mol. The molecule has 0 aromatic carbocycles. The van der Waals surface area contributed by atoms with Gasteiger partial charge in [0.2, 0.25) is 0 Å². The molecule has 1 saturated heterocycles. The van der Waals surface area contributed by atoms with Crippen molar-refractivity contribution in [1.29, 1.82) is 0 Å². The Labute approximate surface area is 110 Å². The highest BCUT2D eigenvalue weighted by atomic mass is 16.6. The minimum atomic E-state index is -0.524. The SMILES string of the molecule is C.C.CC(C)C(=O)OCC(=O)OCC1CCCO1. The standard InChI is InChI=1S/C11H18O5.2CH4/c1-8(2)11(13)16-7-10(12)15-6-9-4-3-5-14-9;;/h8-9H,3-7H2,1-2H3;2*1H4. The van der Waals surface area contributed by atoms with Gasteiger partial charge in [-0.3, -0.25) is 4.79 Å². The van der Waals surface area contributed by atoms with Crippen molar-refractivity contribution in [3.8, 4) is 0 Å². The molecule has 1 heterocycles. The van der Waals surface area contributed by atoms with Gasteiger partial charge >= 0.3 is 11.9 Å². The van der Waals surface area contributed by atoms with Crippen LogP contribution in [0.25, 0.3) is 0 Å². The predicted octanol–water partition coefficient (Wildman–Crippen LogP) is 2.18. The summed E-state index contributed by atoms with van der Waals surface area (Å²) in [6.45, 7) is 4.08. The maximum Gasteiger partial charge on any atom is 0.344 e. The molecule has 1 aliphatic heterocycles. The van der Waals surface area contributed by atoms with E-state index in [9.17, 15) is 9.59 Å². The summed E-state index contributed by atoms with van der Waals surface area (Å²) in [6, 6.07) is 0. The van der Waals surface area contributed by atoms with Gasteiger partial charge in [-0.15, -0.1) is 0 Å². The Kier molecular flexibility index (Phi) is 10.6. The second-order valence-electron chi connectivity index (χ2n) is 4.08. The van der Waals surface area contributed by atoms with E-state index in [1.54, 1.807) is 13.8 Å². The normalized spacial score (nSPS) is 17.6. The lowest BCUT2D eigenvalue weighted by molar-refractivity contribution is -0.162. The van der Waals surface area contributed by atoms with Crippen LogP contribution < -0.4 is 0 Å². The van der Waals surface area contributed by atoms with E-state index in [4.69, 9.17) is 14.2 Å². The van der Waals surface area contributed by atoms with E-state index in [2.05, 4.69) is 0 Å². The van der Waals surface area contributed by atoms with Gasteiger partial charge in [-0.25, -0.2) is 4.79 Å². The molecule has 0 aromatic rings. The van der Waals surface area contributed by atoms with E-state index in [1.807, 2.05) is 0 Å². The molecule has 1 fully saturated rings. The number of carbonyl (C=O) groups is 2. The summed E-state index contributed by atoms with van der Waals surface area (Å²) < 4.78 is 14.9. The summed E-state index contributed by atoms with van der Waals surface area (Å²) in [4.78, 5) is 22.2. The molecule has 0 radical (unpaired) electrons. The van der Waals surface area contributed by atoms with E-state index in [0.29, 0.717) is 0 Å². The van der Waals surface area contributed by atoms with Crippen molar-refractivity contribution < 1.29 is 23.8 Å². The molecule has 0 bridgehead atoms. The summed E-state index contributed by atoms with van der Waals surface area (Å²) in [7, 11) is 0. The Balaban J connectivity index is 0. The topological polar surface area (TPSA) is 61.8 Å². The molecule has 1 atom stereocenters. The van der Waals surface area contributed by atoms with Crippen molar-refractivity contribution in [2.45, 2.75) is 47.6 Å². The van der Waals surface area contributed by atoms with Crippen molar-refractivity contribution in [3.05, 3.63) is 0 Å². The summed E-state index contributed by atoms with van der Waals surface area (Å²) >= 11 is 0. The minimum Gasteiger partial charge on any atom is -0.460 e. The largest absolute Gasteiger partial charge is 0.460 e. The van der Waals surface area contributed by atoms with Crippen LogP contribution in [0.15, 0.2) is 0 Å². The van der Waals surface area contributed by atoms with Gasteiger partial charge < -0.3 is 14.2 Å². The zero-order chi connectivity index (χ0) is 12.0. The monoisotopic (exact) mass is 262 g/mol. The van der Waals surface area contributed by atoms with Crippen LogP contribution in [0.5, 0.6) is 0 Å². The molecule has 0 aromatic heterocycles.